The fourth-order valence-corrected chi connectivity index (χ4v) is 4.52. The minimum Gasteiger partial charge on any atom is -0.307 e. The Labute approximate surface area is 164 Å². The third kappa shape index (κ3) is 3.14. The van der Waals surface area contributed by atoms with Crippen molar-refractivity contribution < 1.29 is 13.6 Å². The lowest BCUT2D eigenvalue weighted by Gasteiger charge is -2.39. The van der Waals surface area contributed by atoms with E-state index in [0.717, 1.165) is 55.9 Å². The van der Waals surface area contributed by atoms with Crippen LogP contribution in [0.25, 0.3) is 0 Å². The first-order valence-electron chi connectivity index (χ1n) is 9.65. The van der Waals surface area contributed by atoms with E-state index in [-0.39, 0.29) is 16.9 Å². The van der Waals surface area contributed by atoms with Gasteiger partial charge >= 0.3 is 0 Å². The van der Waals surface area contributed by atoms with Crippen molar-refractivity contribution in [1.29, 1.82) is 0 Å². The number of likely N-dealkylation sites (tertiary alicyclic amines) is 1. The monoisotopic (exact) mass is 382 g/mol. The summed E-state index contributed by atoms with van der Waals surface area (Å²) in [6, 6.07) is 9.51. The third-order valence-electron chi connectivity index (χ3n) is 6.09. The topological polar surface area (TPSA) is 23.6 Å². The van der Waals surface area contributed by atoms with Gasteiger partial charge in [-0.05, 0) is 62.7 Å². The summed E-state index contributed by atoms with van der Waals surface area (Å²) >= 11 is 0. The first-order valence-corrected chi connectivity index (χ1v) is 9.65. The lowest BCUT2D eigenvalue weighted by molar-refractivity contribution is 0.0977. The van der Waals surface area contributed by atoms with Gasteiger partial charge in [0, 0.05) is 29.8 Å². The highest BCUT2D eigenvalue weighted by molar-refractivity contribution is 6.07. The quantitative estimate of drug-likeness (QED) is 0.732. The Morgan fingerprint density at radius 1 is 1.14 bits per heavy atom. The molecule has 0 aliphatic carbocycles. The minimum atomic E-state index is -0.998. The number of hydrogen-bond donors (Lipinski definition) is 0. The number of benzene rings is 2. The third-order valence-corrected chi connectivity index (χ3v) is 6.09. The van der Waals surface area contributed by atoms with Gasteiger partial charge in [0.25, 0.3) is 5.91 Å². The number of carbonyl (C=O) groups is 1. The first kappa shape index (κ1) is 18.8. The fourth-order valence-electron chi connectivity index (χ4n) is 4.52. The molecule has 2 aromatic rings. The number of nitrogens with zero attached hydrogens (tertiary/aromatic N) is 2. The molecule has 146 valence electrons. The molecule has 1 amide bonds. The second-order valence-corrected chi connectivity index (χ2v) is 7.91. The molecule has 2 heterocycles. The van der Waals surface area contributed by atoms with Gasteiger partial charge in [0.05, 0.1) is 0 Å². The molecule has 1 saturated heterocycles. The lowest BCUT2D eigenvalue weighted by atomic mass is 9.74. The van der Waals surface area contributed by atoms with Gasteiger partial charge in [-0.15, -0.1) is 6.58 Å². The number of fused-ring (bicyclic) bond motifs is 2. The zero-order chi connectivity index (χ0) is 19.9. The van der Waals surface area contributed by atoms with Crippen LogP contribution in [0.15, 0.2) is 49.1 Å². The number of aryl methyl sites for hydroxylation is 1. The van der Waals surface area contributed by atoms with Crippen LogP contribution < -0.4 is 4.90 Å². The molecule has 0 unspecified atom stereocenters. The number of rotatable bonds is 3. The molecule has 1 fully saturated rings. The zero-order valence-electron chi connectivity index (χ0n) is 16.0. The van der Waals surface area contributed by atoms with E-state index in [0.29, 0.717) is 6.54 Å². The largest absolute Gasteiger partial charge is 0.307 e. The van der Waals surface area contributed by atoms with Crippen LogP contribution in [0.5, 0.6) is 0 Å². The summed E-state index contributed by atoms with van der Waals surface area (Å²) in [5, 5.41) is 0. The normalized spacial score (nSPS) is 18.3. The van der Waals surface area contributed by atoms with E-state index in [9.17, 15) is 13.6 Å². The fraction of sp³-hybridized carbons (Fsp3) is 0.348. The Bertz CT molecular complexity index is 932. The highest BCUT2D eigenvalue weighted by atomic mass is 19.2. The summed E-state index contributed by atoms with van der Waals surface area (Å²) in [5.41, 5.74) is 3.33. The molecular weight excluding hydrogens is 358 g/mol. The van der Waals surface area contributed by atoms with Gasteiger partial charge in [0.1, 0.15) is 0 Å². The van der Waals surface area contributed by atoms with Crippen LogP contribution >= 0.6 is 0 Å². The van der Waals surface area contributed by atoms with Crippen molar-refractivity contribution >= 4 is 11.6 Å². The predicted octanol–water partition coefficient (Wildman–Crippen LogP) is 4.45. The second kappa shape index (κ2) is 7.13. The molecule has 28 heavy (non-hydrogen) atoms. The molecule has 0 radical (unpaired) electrons. The maximum absolute atomic E-state index is 13.7. The van der Waals surface area contributed by atoms with Gasteiger partial charge in [-0.3, -0.25) is 9.69 Å². The molecule has 5 heteroatoms. The molecule has 0 N–H and O–H groups in total. The van der Waals surface area contributed by atoms with E-state index in [2.05, 4.69) is 24.5 Å². The predicted molar refractivity (Wildman–Crippen MR) is 107 cm³/mol. The van der Waals surface area contributed by atoms with E-state index in [1.165, 1.54) is 11.6 Å². The average Bonchev–Trinajstić information content (AvgIpc) is 2.99. The van der Waals surface area contributed by atoms with Crippen LogP contribution in [-0.4, -0.2) is 37.0 Å². The highest BCUT2D eigenvalue weighted by Crippen LogP contribution is 2.47. The van der Waals surface area contributed by atoms with E-state index >= 15 is 0 Å². The maximum atomic E-state index is 13.7. The zero-order valence-corrected chi connectivity index (χ0v) is 16.0. The van der Waals surface area contributed by atoms with E-state index < -0.39 is 11.6 Å². The molecule has 3 nitrogen and oxygen atoms in total. The van der Waals surface area contributed by atoms with Crippen molar-refractivity contribution in [1.82, 2.24) is 4.90 Å². The smallest absolute Gasteiger partial charge is 0.258 e. The molecule has 2 aromatic carbocycles. The van der Waals surface area contributed by atoms with Gasteiger partial charge in [-0.1, -0.05) is 23.8 Å². The summed E-state index contributed by atoms with van der Waals surface area (Å²) in [4.78, 5) is 17.3. The van der Waals surface area contributed by atoms with Crippen molar-refractivity contribution in [2.24, 2.45) is 0 Å². The van der Waals surface area contributed by atoms with Crippen molar-refractivity contribution in [2.45, 2.75) is 25.2 Å². The number of hydrogen-bond acceptors (Lipinski definition) is 2. The van der Waals surface area contributed by atoms with Crippen molar-refractivity contribution in [3.63, 3.8) is 0 Å². The van der Waals surface area contributed by atoms with Crippen LogP contribution in [-0.2, 0) is 5.41 Å². The highest BCUT2D eigenvalue weighted by Gasteiger charge is 2.46. The van der Waals surface area contributed by atoms with Crippen LogP contribution in [0.1, 0.15) is 34.3 Å². The van der Waals surface area contributed by atoms with Gasteiger partial charge < -0.3 is 4.90 Å². The molecular formula is C23H24F2N2O. The molecule has 0 atom stereocenters. The number of halogens is 2. The van der Waals surface area contributed by atoms with Crippen molar-refractivity contribution in [3.05, 3.63) is 77.4 Å². The SMILES string of the molecule is C=CCN1CCC2(CC1)CN(C(=O)c1ccc(F)c(F)c1)c1ccc(C)cc12. The minimum absolute atomic E-state index is 0.0900. The van der Waals surface area contributed by atoms with Gasteiger partial charge in [-0.25, -0.2) is 8.78 Å². The molecule has 1 spiro atoms. The Balaban J connectivity index is 1.68. The number of amides is 1. The van der Waals surface area contributed by atoms with Gasteiger partial charge in [0.2, 0.25) is 0 Å². The lowest BCUT2D eigenvalue weighted by Crippen LogP contribution is -2.46. The Kier molecular flexibility index (Phi) is 4.79. The molecule has 0 aromatic heterocycles. The van der Waals surface area contributed by atoms with E-state index in [4.69, 9.17) is 0 Å². The number of carbonyl (C=O) groups excluding carboxylic acids is 1. The average molecular weight is 382 g/mol. The van der Waals surface area contributed by atoms with E-state index in [1.807, 2.05) is 18.2 Å². The number of anilines is 1. The van der Waals surface area contributed by atoms with Crippen LogP contribution in [0.4, 0.5) is 14.5 Å². The van der Waals surface area contributed by atoms with Crippen LogP contribution in [0, 0.1) is 18.6 Å². The van der Waals surface area contributed by atoms with E-state index in [1.54, 1.807) is 4.90 Å². The van der Waals surface area contributed by atoms with Crippen molar-refractivity contribution in [3.8, 4) is 0 Å². The summed E-state index contributed by atoms with van der Waals surface area (Å²) in [6.07, 6.45) is 3.83. The summed E-state index contributed by atoms with van der Waals surface area (Å²) < 4.78 is 27.0. The molecule has 0 saturated carbocycles. The van der Waals surface area contributed by atoms with Gasteiger partial charge in [-0.2, -0.15) is 0 Å². The maximum Gasteiger partial charge on any atom is 0.258 e. The Hall–Kier alpha value is -2.53. The second-order valence-electron chi connectivity index (χ2n) is 7.91. The molecule has 2 aliphatic rings. The van der Waals surface area contributed by atoms with Crippen LogP contribution in [0.2, 0.25) is 0 Å². The number of piperidine rings is 1. The summed E-state index contributed by atoms with van der Waals surface area (Å²) in [7, 11) is 0. The summed E-state index contributed by atoms with van der Waals surface area (Å²) in [5.74, 6) is -2.23. The van der Waals surface area contributed by atoms with Crippen molar-refractivity contribution in [2.75, 3.05) is 31.1 Å². The Morgan fingerprint density at radius 3 is 2.57 bits per heavy atom. The first-order chi connectivity index (χ1) is 13.4. The molecule has 0 bridgehead atoms. The molecule has 2 aliphatic heterocycles. The Morgan fingerprint density at radius 2 is 1.89 bits per heavy atom. The standard InChI is InChI=1S/C23H24F2N2O/c1-3-10-26-11-8-23(9-12-26)15-27(21-7-4-16(2)13-18(21)23)22(28)17-5-6-19(24)20(25)14-17/h3-7,13-14H,1,8-12,15H2,2H3. The summed E-state index contributed by atoms with van der Waals surface area (Å²) in [6.45, 7) is 9.22. The van der Waals surface area contributed by atoms with Gasteiger partial charge in [0.15, 0.2) is 11.6 Å². The van der Waals surface area contributed by atoms with Crippen LogP contribution in [0.3, 0.4) is 0 Å². The molecule has 4 rings (SSSR count).